The fourth-order valence-electron chi connectivity index (χ4n) is 4.30. The van der Waals surface area contributed by atoms with Crippen LogP contribution in [0, 0.1) is 5.92 Å². The van der Waals surface area contributed by atoms with E-state index in [1.54, 1.807) is 36.3 Å². The highest BCUT2D eigenvalue weighted by molar-refractivity contribution is 5.96. The van der Waals surface area contributed by atoms with Crippen LogP contribution in [0.15, 0.2) is 72.8 Å². The Balaban J connectivity index is 1.28. The summed E-state index contributed by atoms with van der Waals surface area (Å²) in [4.78, 5) is 29.6. The van der Waals surface area contributed by atoms with Gasteiger partial charge < -0.3 is 24.0 Å². The minimum Gasteiger partial charge on any atom is -0.497 e. The Labute approximate surface area is 211 Å². The normalized spacial score (nSPS) is 14.8. The Morgan fingerprint density at radius 3 is 2.47 bits per heavy atom. The topological polar surface area (TPSA) is 68.3 Å². The van der Waals surface area contributed by atoms with Crippen LogP contribution in [0.1, 0.15) is 24.0 Å². The molecule has 3 aromatic carbocycles. The number of nitrogens with zero attached hydrogens (tertiary/aromatic N) is 2. The second-order valence-electron chi connectivity index (χ2n) is 9.10. The Morgan fingerprint density at radius 2 is 1.75 bits per heavy atom. The van der Waals surface area contributed by atoms with Crippen molar-refractivity contribution in [3.63, 3.8) is 0 Å². The van der Waals surface area contributed by atoms with Crippen LogP contribution in [0.25, 0.3) is 0 Å². The highest BCUT2D eigenvalue weighted by atomic mass is 16.5. The summed E-state index contributed by atoms with van der Waals surface area (Å²) in [5.74, 6) is 2.29. The number of hydrogen-bond acceptors (Lipinski definition) is 5. The zero-order valence-electron chi connectivity index (χ0n) is 20.4. The van der Waals surface area contributed by atoms with Gasteiger partial charge in [-0.25, -0.2) is 0 Å². The third-order valence-electron chi connectivity index (χ3n) is 6.48. The maximum atomic E-state index is 13.0. The van der Waals surface area contributed by atoms with Gasteiger partial charge in [0, 0.05) is 23.7 Å². The molecule has 186 valence electrons. The summed E-state index contributed by atoms with van der Waals surface area (Å²) >= 11 is 0. The van der Waals surface area contributed by atoms with E-state index in [4.69, 9.17) is 14.2 Å². The van der Waals surface area contributed by atoms with Crippen molar-refractivity contribution >= 4 is 17.5 Å². The molecule has 0 N–H and O–H groups in total. The predicted molar refractivity (Wildman–Crippen MR) is 136 cm³/mol. The number of amides is 2. The van der Waals surface area contributed by atoms with Gasteiger partial charge in [0.2, 0.25) is 5.91 Å². The van der Waals surface area contributed by atoms with Gasteiger partial charge >= 0.3 is 0 Å². The molecule has 7 nitrogen and oxygen atoms in total. The molecule has 1 saturated carbocycles. The van der Waals surface area contributed by atoms with Crippen LogP contribution in [0.3, 0.4) is 0 Å². The van der Waals surface area contributed by atoms with Gasteiger partial charge in [-0.1, -0.05) is 24.3 Å². The lowest BCUT2D eigenvalue weighted by molar-refractivity contribution is -0.134. The van der Waals surface area contributed by atoms with E-state index in [1.165, 1.54) is 0 Å². The monoisotopic (exact) mass is 486 g/mol. The highest BCUT2D eigenvalue weighted by Gasteiger charge is 2.34. The number of carbonyl (C=O) groups excluding carboxylic acids is 2. The lowest BCUT2D eigenvalue weighted by atomic mass is 10.1. The minimum atomic E-state index is -0.109. The summed E-state index contributed by atoms with van der Waals surface area (Å²) in [6, 6.07) is 22.9. The number of methoxy groups -OCH3 is 1. The first-order valence-electron chi connectivity index (χ1n) is 12.3. The molecule has 0 atom stereocenters. The lowest BCUT2D eigenvalue weighted by Crippen LogP contribution is -2.36. The Hall–Kier alpha value is -4.00. The SMILES string of the molecule is COc1ccc(OCC(=O)N2CCOc3ccc(CN(C(=O)C4CC4)c4ccccc4)cc3C2)cc1. The zero-order chi connectivity index (χ0) is 24.9. The fraction of sp³-hybridized carbons (Fsp3) is 0.310. The van der Waals surface area contributed by atoms with Crippen molar-refractivity contribution in [2.75, 3.05) is 31.8 Å². The van der Waals surface area contributed by atoms with Gasteiger partial charge in [-0.15, -0.1) is 0 Å². The van der Waals surface area contributed by atoms with Crippen molar-refractivity contribution in [2.24, 2.45) is 5.92 Å². The number of hydrogen-bond donors (Lipinski definition) is 0. The first-order chi connectivity index (χ1) is 17.6. The standard InChI is InChI=1S/C29H30N2O5/c1-34-25-10-12-26(13-11-25)36-20-28(32)30-15-16-35-27-14-7-21(17-23(27)19-30)18-31(29(33)22-8-9-22)24-5-3-2-4-6-24/h2-7,10-14,17,22H,8-9,15-16,18-20H2,1H3. The molecule has 1 fully saturated rings. The van der Waals surface area contributed by atoms with Crippen LogP contribution in [0.2, 0.25) is 0 Å². The Kier molecular flexibility index (Phi) is 7.07. The summed E-state index contributed by atoms with van der Waals surface area (Å²) in [5.41, 5.74) is 2.82. The van der Waals surface area contributed by atoms with E-state index in [0.717, 1.165) is 41.2 Å². The summed E-state index contributed by atoms with van der Waals surface area (Å²) in [5, 5.41) is 0. The Bertz CT molecular complexity index is 1210. The van der Waals surface area contributed by atoms with Crippen molar-refractivity contribution in [1.29, 1.82) is 0 Å². The molecular weight excluding hydrogens is 456 g/mol. The van der Waals surface area contributed by atoms with Gasteiger partial charge in [-0.05, 0) is 66.9 Å². The van der Waals surface area contributed by atoms with Gasteiger partial charge in [0.05, 0.1) is 20.2 Å². The maximum absolute atomic E-state index is 13.0. The van der Waals surface area contributed by atoms with Crippen molar-refractivity contribution in [2.45, 2.75) is 25.9 Å². The Morgan fingerprint density at radius 1 is 1.00 bits per heavy atom. The van der Waals surface area contributed by atoms with Gasteiger partial charge in [0.15, 0.2) is 6.61 Å². The average Bonchev–Trinajstić information content (AvgIpc) is 3.78. The number of ether oxygens (including phenoxy) is 3. The molecule has 1 aliphatic heterocycles. The van der Waals surface area contributed by atoms with E-state index in [1.807, 2.05) is 53.4 Å². The summed E-state index contributed by atoms with van der Waals surface area (Å²) in [6.45, 7) is 1.73. The average molecular weight is 487 g/mol. The van der Waals surface area contributed by atoms with Crippen LogP contribution in [-0.2, 0) is 22.7 Å². The molecule has 7 heteroatoms. The molecule has 0 bridgehead atoms. The molecule has 3 aromatic rings. The van der Waals surface area contributed by atoms with Gasteiger partial charge in [-0.3, -0.25) is 9.59 Å². The molecule has 0 unspecified atom stereocenters. The predicted octanol–water partition coefficient (Wildman–Crippen LogP) is 4.44. The summed E-state index contributed by atoms with van der Waals surface area (Å²) in [7, 11) is 1.61. The van der Waals surface area contributed by atoms with Gasteiger partial charge in [-0.2, -0.15) is 0 Å². The van der Waals surface area contributed by atoms with E-state index in [2.05, 4.69) is 0 Å². The minimum absolute atomic E-state index is 0.0565. The van der Waals surface area contributed by atoms with E-state index in [0.29, 0.717) is 32.0 Å². The molecule has 1 heterocycles. The van der Waals surface area contributed by atoms with E-state index in [9.17, 15) is 9.59 Å². The first-order valence-corrected chi connectivity index (χ1v) is 12.3. The smallest absolute Gasteiger partial charge is 0.260 e. The first kappa shape index (κ1) is 23.7. The van der Waals surface area contributed by atoms with Gasteiger partial charge in [0.25, 0.3) is 5.91 Å². The van der Waals surface area contributed by atoms with Gasteiger partial charge in [0.1, 0.15) is 23.9 Å². The van der Waals surface area contributed by atoms with Crippen LogP contribution in [0.5, 0.6) is 17.2 Å². The molecule has 0 spiro atoms. The molecule has 0 radical (unpaired) electrons. The number of fused-ring (bicyclic) bond motifs is 1. The zero-order valence-corrected chi connectivity index (χ0v) is 20.4. The van der Waals surface area contributed by atoms with Crippen LogP contribution in [0.4, 0.5) is 5.69 Å². The maximum Gasteiger partial charge on any atom is 0.260 e. The molecule has 0 saturated heterocycles. The molecule has 36 heavy (non-hydrogen) atoms. The highest BCUT2D eigenvalue weighted by Crippen LogP contribution is 2.34. The molecule has 1 aliphatic carbocycles. The van der Waals surface area contributed by atoms with Crippen molar-refractivity contribution in [1.82, 2.24) is 4.90 Å². The van der Waals surface area contributed by atoms with Crippen LogP contribution in [-0.4, -0.2) is 43.6 Å². The fourth-order valence-corrected chi connectivity index (χ4v) is 4.30. The molecule has 5 rings (SSSR count). The summed E-state index contributed by atoms with van der Waals surface area (Å²) in [6.07, 6.45) is 1.91. The number of benzene rings is 3. The van der Waals surface area contributed by atoms with E-state index < -0.39 is 0 Å². The second kappa shape index (κ2) is 10.7. The number of carbonyl (C=O) groups is 2. The number of rotatable bonds is 8. The molecule has 2 aliphatic rings. The molecular formula is C29H30N2O5. The quantitative estimate of drug-likeness (QED) is 0.471. The van der Waals surface area contributed by atoms with Crippen LogP contribution >= 0.6 is 0 Å². The van der Waals surface area contributed by atoms with Crippen molar-refractivity contribution < 1.29 is 23.8 Å². The molecule has 2 amide bonds. The second-order valence-corrected chi connectivity index (χ2v) is 9.10. The number of para-hydroxylation sites is 1. The third kappa shape index (κ3) is 5.62. The van der Waals surface area contributed by atoms with Crippen molar-refractivity contribution in [3.8, 4) is 17.2 Å². The van der Waals surface area contributed by atoms with E-state index >= 15 is 0 Å². The number of anilines is 1. The largest absolute Gasteiger partial charge is 0.497 e. The van der Waals surface area contributed by atoms with Crippen LogP contribution < -0.4 is 19.1 Å². The van der Waals surface area contributed by atoms with Crippen molar-refractivity contribution in [3.05, 3.63) is 83.9 Å². The van der Waals surface area contributed by atoms with E-state index in [-0.39, 0.29) is 24.3 Å². The lowest BCUT2D eigenvalue weighted by Gasteiger charge is -2.24. The molecule has 0 aromatic heterocycles. The third-order valence-corrected chi connectivity index (χ3v) is 6.48. The summed E-state index contributed by atoms with van der Waals surface area (Å²) < 4.78 is 16.8.